The minimum Gasteiger partial charge on any atom is -0.344 e. The molecule has 0 amide bonds. The highest BCUT2D eigenvalue weighted by Crippen LogP contribution is 2.28. The lowest BCUT2D eigenvalue weighted by atomic mass is 10.0. The molecule has 0 bridgehead atoms. The first-order chi connectivity index (χ1) is 7.31. The summed E-state index contributed by atoms with van der Waals surface area (Å²) in [6.45, 7) is 2.13. The van der Waals surface area contributed by atoms with Crippen LogP contribution >= 0.6 is 22.9 Å². The molecule has 1 aromatic rings. The summed E-state index contributed by atoms with van der Waals surface area (Å²) in [5, 5.41) is 6.83. The number of nitrogens with one attached hydrogen (secondary N) is 1. The molecule has 1 saturated heterocycles. The molecule has 5 heteroatoms. The van der Waals surface area contributed by atoms with Gasteiger partial charge >= 0.3 is 0 Å². The third-order valence-electron chi connectivity index (χ3n) is 2.78. The standard InChI is InChI=1S/C10H16ClN3S/c1-12-6-8-4-2-3-5-14(8)10-13-9(11)7-15-10/h7-8,12H,2-6H2,1H3. The maximum Gasteiger partial charge on any atom is 0.187 e. The molecule has 2 heterocycles. The van der Waals surface area contributed by atoms with Crippen molar-refractivity contribution in [2.75, 3.05) is 25.0 Å². The van der Waals surface area contributed by atoms with Gasteiger partial charge in [0.15, 0.2) is 5.13 Å². The first-order valence-electron chi connectivity index (χ1n) is 5.33. The number of rotatable bonds is 3. The Hall–Kier alpha value is -0.320. The van der Waals surface area contributed by atoms with E-state index in [0.29, 0.717) is 11.2 Å². The Morgan fingerprint density at radius 1 is 1.67 bits per heavy atom. The molecule has 0 saturated carbocycles. The number of nitrogens with zero attached hydrogens (tertiary/aromatic N) is 2. The maximum atomic E-state index is 5.86. The van der Waals surface area contributed by atoms with Crippen molar-refractivity contribution in [3.8, 4) is 0 Å². The summed E-state index contributed by atoms with van der Waals surface area (Å²) >= 11 is 7.50. The van der Waals surface area contributed by atoms with Gasteiger partial charge in [0, 0.05) is 24.5 Å². The lowest BCUT2D eigenvalue weighted by molar-refractivity contribution is 0.446. The summed E-state index contributed by atoms with van der Waals surface area (Å²) in [5.41, 5.74) is 0. The van der Waals surface area contributed by atoms with Crippen LogP contribution in [0.5, 0.6) is 0 Å². The summed E-state index contributed by atoms with van der Waals surface area (Å²) in [6.07, 6.45) is 3.83. The van der Waals surface area contributed by atoms with E-state index in [-0.39, 0.29) is 0 Å². The number of thiazole rings is 1. The largest absolute Gasteiger partial charge is 0.344 e. The summed E-state index contributed by atoms with van der Waals surface area (Å²) in [4.78, 5) is 6.73. The van der Waals surface area contributed by atoms with Gasteiger partial charge in [-0.2, -0.15) is 0 Å². The Kier molecular flexibility index (Phi) is 3.83. The monoisotopic (exact) mass is 245 g/mol. The Bertz CT molecular complexity index is 313. The first kappa shape index (κ1) is 11.2. The van der Waals surface area contributed by atoms with Crippen molar-refractivity contribution in [1.29, 1.82) is 0 Å². The van der Waals surface area contributed by atoms with Gasteiger partial charge in [-0.1, -0.05) is 11.6 Å². The third kappa shape index (κ3) is 2.62. The number of aromatic nitrogens is 1. The smallest absolute Gasteiger partial charge is 0.187 e. The summed E-state index contributed by atoms with van der Waals surface area (Å²) in [7, 11) is 2.00. The predicted molar refractivity (Wildman–Crippen MR) is 66.0 cm³/mol. The van der Waals surface area contributed by atoms with Crippen LogP contribution < -0.4 is 10.2 Å². The lowest BCUT2D eigenvalue weighted by Crippen LogP contribution is -2.44. The van der Waals surface area contributed by atoms with Crippen LogP contribution in [0.1, 0.15) is 19.3 Å². The molecule has 0 radical (unpaired) electrons. The normalized spacial score (nSPS) is 22.0. The van der Waals surface area contributed by atoms with Crippen LogP contribution in [-0.4, -0.2) is 31.2 Å². The highest BCUT2D eigenvalue weighted by Gasteiger charge is 2.23. The van der Waals surface area contributed by atoms with Crippen molar-refractivity contribution >= 4 is 28.1 Å². The molecule has 2 rings (SSSR count). The first-order valence-corrected chi connectivity index (χ1v) is 6.59. The number of anilines is 1. The van der Waals surface area contributed by atoms with Crippen LogP contribution in [0.2, 0.25) is 5.15 Å². The van der Waals surface area contributed by atoms with Crippen molar-refractivity contribution in [1.82, 2.24) is 10.3 Å². The van der Waals surface area contributed by atoms with E-state index in [4.69, 9.17) is 11.6 Å². The van der Waals surface area contributed by atoms with Gasteiger partial charge in [0.25, 0.3) is 0 Å². The molecule has 1 aliphatic heterocycles. The fourth-order valence-electron chi connectivity index (χ4n) is 2.08. The second-order valence-electron chi connectivity index (χ2n) is 3.85. The summed E-state index contributed by atoms with van der Waals surface area (Å²) in [6, 6.07) is 0.575. The van der Waals surface area contributed by atoms with Crippen LogP contribution in [-0.2, 0) is 0 Å². The van der Waals surface area contributed by atoms with Gasteiger partial charge in [0.2, 0.25) is 0 Å². The van der Waals surface area contributed by atoms with Crippen LogP contribution in [0.4, 0.5) is 5.13 Å². The molecule has 1 fully saturated rings. The molecular weight excluding hydrogens is 230 g/mol. The number of hydrogen-bond donors (Lipinski definition) is 1. The molecule has 1 aromatic heterocycles. The van der Waals surface area contributed by atoms with E-state index in [1.807, 2.05) is 12.4 Å². The molecule has 1 aliphatic rings. The van der Waals surface area contributed by atoms with Gasteiger partial charge in [-0.25, -0.2) is 4.98 Å². The average molecular weight is 246 g/mol. The van der Waals surface area contributed by atoms with Crippen LogP contribution in [0, 0.1) is 0 Å². The molecular formula is C10H16ClN3S. The van der Waals surface area contributed by atoms with E-state index in [9.17, 15) is 0 Å². The SMILES string of the molecule is CNCC1CCCCN1c1nc(Cl)cs1. The number of hydrogen-bond acceptors (Lipinski definition) is 4. The van der Waals surface area contributed by atoms with E-state index in [1.165, 1.54) is 19.3 Å². The van der Waals surface area contributed by atoms with Crippen LogP contribution in [0.3, 0.4) is 0 Å². The molecule has 1 atom stereocenters. The van der Waals surface area contributed by atoms with Gasteiger partial charge in [-0.05, 0) is 26.3 Å². The molecule has 1 unspecified atom stereocenters. The molecule has 84 valence electrons. The fraction of sp³-hybridized carbons (Fsp3) is 0.700. The zero-order chi connectivity index (χ0) is 10.7. The molecule has 0 aliphatic carbocycles. The Labute approximate surface area is 99.5 Å². The van der Waals surface area contributed by atoms with Crippen molar-refractivity contribution in [3.05, 3.63) is 10.5 Å². The molecule has 0 spiro atoms. The molecule has 1 N–H and O–H groups in total. The highest BCUT2D eigenvalue weighted by atomic mass is 35.5. The van der Waals surface area contributed by atoms with Crippen LogP contribution in [0.15, 0.2) is 5.38 Å². The Balaban J connectivity index is 2.10. The van der Waals surface area contributed by atoms with Crippen LogP contribution in [0.25, 0.3) is 0 Å². The topological polar surface area (TPSA) is 28.2 Å². The lowest BCUT2D eigenvalue weighted by Gasteiger charge is -2.35. The van der Waals surface area contributed by atoms with Crippen molar-refractivity contribution < 1.29 is 0 Å². The Morgan fingerprint density at radius 2 is 2.53 bits per heavy atom. The maximum absolute atomic E-state index is 5.86. The van der Waals surface area contributed by atoms with E-state index in [2.05, 4.69) is 15.2 Å². The fourth-order valence-corrected chi connectivity index (χ4v) is 3.12. The van der Waals surface area contributed by atoms with Gasteiger partial charge in [-0.15, -0.1) is 11.3 Å². The predicted octanol–water partition coefficient (Wildman–Crippen LogP) is 2.37. The average Bonchev–Trinajstić information content (AvgIpc) is 2.66. The number of likely N-dealkylation sites (N-methyl/N-ethyl adjacent to an activating group) is 1. The summed E-state index contributed by atoms with van der Waals surface area (Å²) in [5.74, 6) is 0. The molecule has 0 aromatic carbocycles. The quantitative estimate of drug-likeness (QED) is 0.886. The minimum atomic E-state index is 0.575. The van der Waals surface area contributed by atoms with E-state index < -0.39 is 0 Å². The highest BCUT2D eigenvalue weighted by molar-refractivity contribution is 7.14. The van der Waals surface area contributed by atoms with Gasteiger partial charge < -0.3 is 10.2 Å². The van der Waals surface area contributed by atoms with Gasteiger partial charge in [0.1, 0.15) is 5.15 Å². The number of piperidine rings is 1. The summed E-state index contributed by atoms with van der Waals surface area (Å²) < 4.78 is 0. The van der Waals surface area contributed by atoms with Gasteiger partial charge in [-0.3, -0.25) is 0 Å². The third-order valence-corrected chi connectivity index (χ3v) is 3.98. The van der Waals surface area contributed by atoms with Gasteiger partial charge in [0.05, 0.1) is 0 Å². The zero-order valence-corrected chi connectivity index (χ0v) is 10.4. The van der Waals surface area contributed by atoms with Crippen molar-refractivity contribution in [3.63, 3.8) is 0 Å². The molecule has 15 heavy (non-hydrogen) atoms. The second-order valence-corrected chi connectivity index (χ2v) is 5.08. The Morgan fingerprint density at radius 3 is 3.20 bits per heavy atom. The van der Waals surface area contributed by atoms with E-state index in [1.54, 1.807) is 11.3 Å². The minimum absolute atomic E-state index is 0.575. The number of halogens is 1. The second kappa shape index (κ2) is 5.14. The zero-order valence-electron chi connectivity index (χ0n) is 8.87. The van der Waals surface area contributed by atoms with E-state index >= 15 is 0 Å². The molecule has 3 nitrogen and oxygen atoms in total. The van der Waals surface area contributed by atoms with Crippen molar-refractivity contribution in [2.45, 2.75) is 25.3 Å². The van der Waals surface area contributed by atoms with E-state index in [0.717, 1.165) is 18.2 Å². The van der Waals surface area contributed by atoms with Crippen molar-refractivity contribution in [2.24, 2.45) is 0 Å².